The van der Waals surface area contributed by atoms with Gasteiger partial charge in [0, 0.05) is 11.3 Å². The van der Waals surface area contributed by atoms with Crippen LogP contribution in [0.5, 0.6) is 5.75 Å². The molecule has 29 heavy (non-hydrogen) atoms. The third-order valence-electron chi connectivity index (χ3n) is 4.40. The number of benzene rings is 3. The number of methoxy groups -OCH3 is 1. The highest BCUT2D eigenvalue weighted by atomic mass is 32.2. The monoisotopic (exact) mass is 410 g/mol. The molecule has 0 saturated carbocycles. The van der Waals surface area contributed by atoms with E-state index in [4.69, 9.17) is 4.74 Å². The Labute approximate surface area is 170 Å². The van der Waals surface area contributed by atoms with Crippen LogP contribution in [0.1, 0.15) is 28.9 Å². The molecule has 2 N–H and O–H groups in total. The second-order valence-electron chi connectivity index (χ2n) is 6.47. The van der Waals surface area contributed by atoms with Crippen LogP contribution >= 0.6 is 0 Å². The van der Waals surface area contributed by atoms with E-state index < -0.39 is 10.0 Å². The molecule has 7 heteroatoms. The Morgan fingerprint density at radius 3 is 2.28 bits per heavy atom. The van der Waals surface area contributed by atoms with Crippen molar-refractivity contribution < 1.29 is 17.9 Å². The molecule has 3 aromatic rings. The first-order valence-corrected chi connectivity index (χ1v) is 10.5. The van der Waals surface area contributed by atoms with Crippen LogP contribution in [0.4, 0.5) is 5.69 Å². The summed E-state index contributed by atoms with van der Waals surface area (Å²) in [7, 11) is -2.30. The van der Waals surface area contributed by atoms with Gasteiger partial charge in [-0.05, 0) is 55.0 Å². The molecule has 0 bridgehead atoms. The Balaban J connectivity index is 1.76. The summed E-state index contributed by atoms with van der Waals surface area (Å²) in [6, 6.07) is 21.8. The first kappa shape index (κ1) is 20.4. The molecule has 150 valence electrons. The van der Waals surface area contributed by atoms with Crippen molar-refractivity contribution in [2.75, 3.05) is 11.8 Å². The van der Waals surface area contributed by atoms with Crippen LogP contribution < -0.4 is 14.8 Å². The maximum absolute atomic E-state index is 12.7. The number of carbonyl (C=O) groups excluding carboxylic acids is 1. The van der Waals surface area contributed by atoms with E-state index in [-0.39, 0.29) is 22.4 Å². The second kappa shape index (κ2) is 8.79. The Kier molecular flexibility index (Phi) is 6.19. The molecule has 0 saturated heterocycles. The van der Waals surface area contributed by atoms with Gasteiger partial charge in [0.2, 0.25) is 0 Å². The minimum atomic E-state index is -3.84. The number of amides is 1. The lowest BCUT2D eigenvalue weighted by Gasteiger charge is -2.15. The lowest BCUT2D eigenvalue weighted by molar-refractivity contribution is 0.0939. The summed E-state index contributed by atoms with van der Waals surface area (Å²) < 4.78 is 33.0. The Hall–Kier alpha value is -3.32. The zero-order valence-corrected chi connectivity index (χ0v) is 16.9. The number of ether oxygens (including phenoxy) is 1. The fourth-order valence-electron chi connectivity index (χ4n) is 2.78. The number of carbonyl (C=O) groups is 1. The highest BCUT2D eigenvalue weighted by Crippen LogP contribution is 2.20. The molecule has 1 atom stereocenters. The Morgan fingerprint density at radius 2 is 1.62 bits per heavy atom. The molecule has 3 rings (SSSR count). The van der Waals surface area contributed by atoms with Crippen molar-refractivity contribution in [3.63, 3.8) is 0 Å². The van der Waals surface area contributed by atoms with Crippen molar-refractivity contribution >= 4 is 21.6 Å². The molecular formula is C22H22N2O4S. The standard InChI is InChI=1S/C22H22N2O4S/c1-16(17-7-4-3-5-8-17)23-22(25)18-9-6-10-21(15-18)29(26,27)24-19-11-13-20(28-2)14-12-19/h3-16,24H,1-2H3,(H,23,25). The first-order chi connectivity index (χ1) is 13.9. The summed E-state index contributed by atoms with van der Waals surface area (Å²) in [4.78, 5) is 12.6. The van der Waals surface area contributed by atoms with Crippen LogP contribution in [-0.4, -0.2) is 21.4 Å². The maximum atomic E-state index is 12.7. The van der Waals surface area contributed by atoms with Gasteiger partial charge in [-0.3, -0.25) is 9.52 Å². The molecule has 0 aromatic heterocycles. The van der Waals surface area contributed by atoms with Crippen molar-refractivity contribution in [1.29, 1.82) is 0 Å². The molecule has 0 heterocycles. The van der Waals surface area contributed by atoms with Crippen LogP contribution in [0, 0.1) is 0 Å². The number of hydrogen-bond donors (Lipinski definition) is 2. The number of rotatable bonds is 7. The third-order valence-corrected chi connectivity index (χ3v) is 5.77. The molecule has 0 fully saturated rings. The molecule has 1 amide bonds. The van der Waals surface area contributed by atoms with Crippen LogP contribution in [-0.2, 0) is 10.0 Å². The van der Waals surface area contributed by atoms with E-state index in [9.17, 15) is 13.2 Å². The lowest BCUT2D eigenvalue weighted by atomic mass is 10.1. The van der Waals surface area contributed by atoms with Crippen LogP contribution in [0.3, 0.4) is 0 Å². The predicted octanol–water partition coefficient (Wildman–Crippen LogP) is 3.99. The second-order valence-corrected chi connectivity index (χ2v) is 8.15. The Bertz CT molecular complexity index is 1080. The van der Waals surface area contributed by atoms with E-state index in [1.807, 2.05) is 37.3 Å². The molecule has 0 spiro atoms. The third kappa shape index (κ3) is 5.14. The van der Waals surface area contributed by atoms with Gasteiger partial charge in [0.15, 0.2) is 0 Å². The topological polar surface area (TPSA) is 84.5 Å². The zero-order valence-electron chi connectivity index (χ0n) is 16.1. The zero-order chi connectivity index (χ0) is 20.9. The summed E-state index contributed by atoms with van der Waals surface area (Å²) in [5.74, 6) is 0.280. The highest BCUT2D eigenvalue weighted by Gasteiger charge is 2.18. The highest BCUT2D eigenvalue weighted by molar-refractivity contribution is 7.92. The number of hydrogen-bond acceptors (Lipinski definition) is 4. The molecule has 3 aromatic carbocycles. The fraction of sp³-hybridized carbons (Fsp3) is 0.136. The summed E-state index contributed by atoms with van der Waals surface area (Å²) >= 11 is 0. The van der Waals surface area contributed by atoms with Gasteiger partial charge >= 0.3 is 0 Å². The molecule has 0 aliphatic heterocycles. The summed E-state index contributed by atoms with van der Waals surface area (Å²) in [5.41, 5.74) is 1.63. The minimum absolute atomic E-state index is 0.00772. The molecule has 1 unspecified atom stereocenters. The van der Waals surface area contributed by atoms with E-state index in [1.54, 1.807) is 36.4 Å². The molecule has 6 nitrogen and oxygen atoms in total. The largest absolute Gasteiger partial charge is 0.497 e. The van der Waals surface area contributed by atoms with Gasteiger partial charge in [0.05, 0.1) is 18.0 Å². The summed E-state index contributed by atoms with van der Waals surface area (Å²) in [6.45, 7) is 1.87. The molecular weight excluding hydrogens is 388 g/mol. The molecule has 0 aliphatic carbocycles. The van der Waals surface area contributed by atoms with E-state index in [0.29, 0.717) is 11.4 Å². The van der Waals surface area contributed by atoms with E-state index in [2.05, 4.69) is 10.0 Å². The first-order valence-electron chi connectivity index (χ1n) is 9.02. The number of sulfonamides is 1. The predicted molar refractivity (Wildman–Crippen MR) is 113 cm³/mol. The van der Waals surface area contributed by atoms with Gasteiger partial charge in [-0.1, -0.05) is 36.4 Å². The van der Waals surface area contributed by atoms with E-state index >= 15 is 0 Å². The van der Waals surface area contributed by atoms with Gasteiger partial charge in [-0.15, -0.1) is 0 Å². The smallest absolute Gasteiger partial charge is 0.261 e. The summed E-state index contributed by atoms with van der Waals surface area (Å²) in [5, 5.41) is 2.89. The molecule has 0 aliphatic rings. The van der Waals surface area contributed by atoms with Gasteiger partial charge in [0.25, 0.3) is 15.9 Å². The van der Waals surface area contributed by atoms with Crippen molar-refractivity contribution in [3.8, 4) is 5.75 Å². The van der Waals surface area contributed by atoms with Gasteiger partial charge in [0.1, 0.15) is 5.75 Å². The average Bonchev–Trinajstić information content (AvgIpc) is 2.74. The molecule has 0 radical (unpaired) electrons. The number of nitrogens with one attached hydrogen (secondary N) is 2. The summed E-state index contributed by atoms with van der Waals surface area (Å²) in [6.07, 6.45) is 0. The average molecular weight is 410 g/mol. The van der Waals surface area contributed by atoms with Gasteiger partial charge < -0.3 is 10.1 Å². The van der Waals surface area contributed by atoms with Gasteiger partial charge in [-0.2, -0.15) is 0 Å². The van der Waals surface area contributed by atoms with Crippen molar-refractivity contribution in [3.05, 3.63) is 90.0 Å². The van der Waals surface area contributed by atoms with E-state index in [0.717, 1.165) is 5.56 Å². The van der Waals surface area contributed by atoms with Crippen molar-refractivity contribution in [1.82, 2.24) is 5.32 Å². The Morgan fingerprint density at radius 1 is 0.931 bits per heavy atom. The lowest BCUT2D eigenvalue weighted by Crippen LogP contribution is -2.26. The fourth-order valence-corrected chi connectivity index (χ4v) is 3.89. The minimum Gasteiger partial charge on any atom is -0.497 e. The SMILES string of the molecule is COc1ccc(NS(=O)(=O)c2cccc(C(=O)NC(C)c3ccccc3)c2)cc1. The van der Waals surface area contributed by atoms with Crippen LogP contribution in [0.25, 0.3) is 0 Å². The van der Waals surface area contributed by atoms with Gasteiger partial charge in [-0.25, -0.2) is 8.42 Å². The van der Waals surface area contributed by atoms with Crippen LogP contribution in [0.15, 0.2) is 83.8 Å². The quantitative estimate of drug-likeness (QED) is 0.617. The number of anilines is 1. The van der Waals surface area contributed by atoms with E-state index in [1.165, 1.54) is 19.2 Å². The maximum Gasteiger partial charge on any atom is 0.261 e. The van der Waals surface area contributed by atoms with Crippen molar-refractivity contribution in [2.24, 2.45) is 0 Å². The van der Waals surface area contributed by atoms with Crippen molar-refractivity contribution in [2.45, 2.75) is 17.9 Å². The van der Waals surface area contributed by atoms with Crippen LogP contribution in [0.2, 0.25) is 0 Å². The normalized spacial score (nSPS) is 12.1.